The third-order valence-corrected chi connectivity index (χ3v) is 6.88. The van der Waals surface area contributed by atoms with Gasteiger partial charge < -0.3 is 8.92 Å². The highest BCUT2D eigenvalue weighted by molar-refractivity contribution is 7.87. The molecule has 0 unspecified atom stereocenters. The summed E-state index contributed by atoms with van der Waals surface area (Å²) in [6.45, 7) is 0. The van der Waals surface area contributed by atoms with Crippen molar-refractivity contribution >= 4 is 44.1 Å². The minimum Gasteiger partial charge on any atom is -0.493 e. The summed E-state index contributed by atoms with van der Waals surface area (Å²) in [5.41, 5.74) is 1.20. The quantitative estimate of drug-likeness (QED) is 0.264. The largest absolute Gasteiger partial charge is 0.493 e. The monoisotopic (exact) mass is 518 g/mol. The molecule has 9 nitrogen and oxygen atoms in total. The lowest BCUT2D eigenvalue weighted by Crippen LogP contribution is -2.11. The highest BCUT2D eigenvalue weighted by Gasteiger charge is 2.19. The van der Waals surface area contributed by atoms with Gasteiger partial charge in [0.25, 0.3) is 5.91 Å². The molecule has 0 spiro atoms. The number of anilines is 1. The Hall–Kier alpha value is -4.53. The predicted octanol–water partition coefficient (Wildman–Crippen LogP) is 4.63. The van der Waals surface area contributed by atoms with E-state index < -0.39 is 10.1 Å². The molecule has 0 atom stereocenters. The van der Waals surface area contributed by atoms with Crippen molar-refractivity contribution in [3.05, 3.63) is 95.0 Å². The van der Waals surface area contributed by atoms with Crippen molar-refractivity contribution in [1.82, 2.24) is 10.2 Å². The number of amides is 1. The summed E-state index contributed by atoms with van der Waals surface area (Å²) < 4.78 is 35.7. The van der Waals surface area contributed by atoms with E-state index in [9.17, 15) is 18.5 Å². The highest BCUT2D eigenvalue weighted by atomic mass is 32.2. The zero-order valence-corrected chi connectivity index (χ0v) is 20.4. The zero-order chi connectivity index (χ0) is 25.5. The Morgan fingerprint density at radius 3 is 2.36 bits per heavy atom. The van der Waals surface area contributed by atoms with Crippen LogP contribution in [0.4, 0.5) is 5.13 Å². The Labute approximate surface area is 211 Å². The maximum absolute atomic E-state index is 12.6. The summed E-state index contributed by atoms with van der Waals surface area (Å²) in [5, 5.41) is 20.8. The maximum Gasteiger partial charge on any atom is 0.339 e. The first kappa shape index (κ1) is 24.6. The van der Waals surface area contributed by atoms with Crippen LogP contribution >= 0.6 is 11.3 Å². The van der Waals surface area contributed by atoms with Crippen LogP contribution in [0.1, 0.15) is 20.9 Å². The van der Waals surface area contributed by atoms with Gasteiger partial charge in [-0.3, -0.25) is 10.1 Å². The van der Waals surface area contributed by atoms with E-state index in [1.807, 2.05) is 0 Å². The van der Waals surface area contributed by atoms with Gasteiger partial charge in [-0.1, -0.05) is 53.8 Å². The van der Waals surface area contributed by atoms with E-state index in [4.69, 9.17) is 8.92 Å². The second-order valence-electron chi connectivity index (χ2n) is 7.16. The number of hydrogen-bond donors (Lipinski definition) is 1. The van der Waals surface area contributed by atoms with Crippen LogP contribution in [0.5, 0.6) is 11.5 Å². The average molecular weight is 519 g/mol. The van der Waals surface area contributed by atoms with Gasteiger partial charge in [0.05, 0.1) is 12.7 Å². The second-order valence-corrected chi connectivity index (χ2v) is 9.69. The molecule has 0 bridgehead atoms. The SMILES string of the molecule is COc1cc(/C=C(\C#N)c2nnc(NC(=O)c3ccccc3)s2)ccc1OS(=O)(=O)c1ccccc1. The first-order valence-electron chi connectivity index (χ1n) is 10.4. The lowest BCUT2D eigenvalue weighted by atomic mass is 10.1. The number of benzene rings is 3. The lowest BCUT2D eigenvalue weighted by Gasteiger charge is -2.11. The fourth-order valence-electron chi connectivity index (χ4n) is 3.05. The van der Waals surface area contributed by atoms with Crippen LogP contribution in [0.3, 0.4) is 0 Å². The number of nitrogens with zero attached hydrogens (tertiary/aromatic N) is 3. The molecule has 0 fully saturated rings. The molecular weight excluding hydrogens is 500 g/mol. The molecule has 1 heterocycles. The van der Waals surface area contributed by atoms with E-state index in [-0.39, 0.29) is 33.0 Å². The maximum atomic E-state index is 12.6. The molecule has 36 heavy (non-hydrogen) atoms. The zero-order valence-electron chi connectivity index (χ0n) is 18.8. The van der Waals surface area contributed by atoms with Crippen molar-refractivity contribution in [2.45, 2.75) is 4.90 Å². The number of methoxy groups -OCH3 is 1. The van der Waals surface area contributed by atoms with Crippen LogP contribution < -0.4 is 14.2 Å². The number of hydrogen-bond acceptors (Lipinski definition) is 9. The molecule has 1 amide bonds. The summed E-state index contributed by atoms with van der Waals surface area (Å²) in [5.74, 6) is -0.181. The molecule has 0 aliphatic rings. The Kier molecular flexibility index (Phi) is 7.39. The van der Waals surface area contributed by atoms with Gasteiger partial charge >= 0.3 is 10.1 Å². The molecule has 3 aromatic carbocycles. The first-order valence-corrected chi connectivity index (χ1v) is 12.6. The number of aromatic nitrogens is 2. The lowest BCUT2D eigenvalue weighted by molar-refractivity contribution is 0.102. The molecule has 0 aliphatic carbocycles. The summed E-state index contributed by atoms with van der Waals surface area (Å²) in [6, 6.07) is 23.0. The van der Waals surface area contributed by atoms with E-state index in [1.54, 1.807) is 60.7 Å². The number of carbonyl (C=O) groups is 1. The van der Waals surface area contributed by atoms with Crippen LogP contribution in [0.25, 0.3) is 11.6 Å². The molecule has 11 heteroatoms. The number of nitrogens with one attached hydrogen (secondary N) is 1. The Bertz CT molecular complexity index is 1560. The smallest absolute Gasteiger partial charge is 0.339 e. The van der Waals surface area contributed by atoms with Gasteiger partial charge in [-0.15, -0.1) is 10.2 Å². The molecular formula is C25H18N4O5S2. The molecule has 0 saturated heterocycles. The third-order valence-electron chi connectivity index (χ3n) is 4.76. The van der Waals surface area contributed by atoms with E-state index in [0.717, 1.165) is 11.3 Å². The van der Waals surface area contributed by atoms with Gasteiger partial charge in [0.15, 0.2) is 16.5 Å². The highest BCUT2D eigenvalue weighted by Crippen LogP contribution is 2.32. The van der Waals surface area contributed by atoms with Gasteiger partial charge in [0.2, 0.25) is 5.13 Å². The van der Waals surface area contributed by atoms with Crippen molar-refractivity contribution in [1.29, 1.82) is 5.26 Å². The van der Waals surface area contributed by atoms with E-state index in [1.165, 1.54) is 31.4 Å². The van der Waals surface area contributed by atoms with Crippen LogP contribution in [0.15, 0.2) is 83.8 Å². The second kappa shape index (κ2) is 10.8. The number of ether oxygens (including phenoxy) is 1. The van der Waals surface area contributed by atoms with Gasteiger partial charge in [-0.05, 0) is 48.0 Å². The van der Waals surface area contributed by atoms with E-state index in [0.29, 0.717) is 16.1 Å². The van der Waals surface area contributed by atoms with Crippen LogP contribution in [-0.4, -0.2) is 31.6 Å². The molecule has 4 aromatic rings. The van der Waals surface area contributed by atoms with Crippen molar-refractivity contribution in [3.63, 3.8) is 0 Å². The van der Waals surface area contributed by atoms with Gasteiger partial charge in [0, 0.05) is 5.56 Å². The van der Waals surface area contributed by atoms with Gasteiger partial charge in [0.1, 0.15) is 11.0 Å². The summed E-state index contributed by atoms with van der Waals surface area (Å²) in [7, 11) is -2.68. The van der Waals surface area contributed by atoms with Crippen molar-refractivity contribution in [3.8, 4) is 17.6 Å². The Morgan fingerprint density at radius 1 is 1.00 bits per heavy atom. The Balaban J connectivity index is 1.54. The first-order chi connectivity index (χ1) is 17.4. The minimum absolute atomic E-state index is 0.00108. The topological polar surface area (TPSA) is 131 Å². The van der Waals surface area contributed by atoms with Crippen LogP contribution in [0.2, 0.25) is 0 Å². The van der Waals surface area contributed by atoms with E-state index in [2.05, 4.69) is 21.6 Å². The normalized spacial score (nSPS) is 11.4. The molecule has 0 aliphatic heterocycles. The number of allylic oxidation sites excluding steroid dienone is 1. The Morgan fingerprint density at radius 2 is 1.69 bits per heavy atom. The predicted molar refractivity (Wildman–Crippen MR) is 135 cm³/mol. The van der Waals surface area contributed by atoms with E-state index >= 15 is 0 Å². The third kappa shape index (κ3) is 5.75. The molecule has 4 rings (SSSR count). The number of rotatable bonds is 8. The molecule has 1 aromatic heterocycles. The average Bonchev–Trinajstić information content (AvgIpc) is 3.37. The summed E-state index contributed by atoms with van der Waals surface area (Å²) >= 11 is 1.05. The fourth-order valence-corrected chi connectivity index (χ4v) is 4.71. The van der Waals surface area contributed by atoms with Crippen molar-refractivity contribution in [2.75, 3.05) is 12.4 Å². The van der Waals surface area contributed by atoms with Crippen LogP contribution in [0, 0.1) is 11.3 Å². The number of carbonyl (C=O) groups excluding carboxylic acids is 1. The number of nitriles is 1. The minimum atomic E-state index is -4.06. The summed E-state index contributed by atoms with van der Waals surface area (Å²) in [6.07, 6.45) is 1.54. The van der Waals surface area contributed by atoms with Crippen molar-refractivity contribution in [2.24, 2.45) is 0 Å². The van der Waals surface area contributed by atoms with Gasteiger partial charge in [-0.2, -0.15) is 13.7 Å². The fraction of sp³-hybridized carbons (Fsp3) is 0.0400. The molecule has 1 N–H and O–H groups in total. The molecule has 180 valence electrons. The van der Waals surface area contributed by atoms with Crippen molar-refractivity contribution < 1.29 is 22.1 Å². The molecule has 0 saturated carbocycles. The summed E-state index contributed by atoms with van der Waals surface area (Å²) in [4.78, 5) is 12.3. The van der Waals surface area contributed by atoms with Gasteiger partial charge in [-0.25, -0.2) is 0 Å². The molecule has 0 radical (unpaired) electrons. The standard InChI is InChI=1S/C25H18N4O5S2/c1-33-22-15-17(12-13-21(22)34-36(31,32)20-10-6-3-7-11-20)14-19(16-26)24-28-29-25(35-24)27-23(30)18-8-4-2-5-9-18/h2-15H,1H3,(H,27,29,30)/b19-14+. The van der Waals surface area contributed by atoms with Crippen LogP contribution in [-0.2, 0) is 10.1 Å².